The summed E-state index contributed by atoms with van der Waals surface area (Å²) >= 11 is 0. The number of likely N-dealkylation sites (tertiary alicyclic amines) is 1. The average molecular weight is 241 g/mol. The fourth-order valence-electron chi connectivity index (χ4n) is 2.25. The van der Waals surface area contributed by atoms with Crippen LogP contribution in [-0.4, -0.2) is 43.5 Å². The van der Waals surface area contributed by atoms with Gasteiger partial charge in [0.2, 0.25) is 5.91 Å². The highest BCUT2D eigenvalue weighted by Gasteiger charge is 2.25. The van der Waals surface area contributed by atoms with Crippen molar-refractivity contribution in [3.05, 3.63) is 0 Å². The Kier molecular flexibility index (Phi) is 5.92. The van der Waals surface area contributed by atoms with Crippen LogP contribution in [0.15, 0.2) is 0 Å². The molecular formula is C13H27N3O. The summed E-state index contributed by atoms with van der Waals surface area (Å²) in [6, 6.07) is 0. The molecule has 0 aromatic carbocycles. The Hall–Kier alpha value is -0.610. The van der Waals surface area contributed by atoms with Crippen LogP contribution in [0, 0.1) is 17.8 Å². The van der Waals surface area contributed by atoms with Gasteiger partial charge in [0.15, 0.2) is 0 Å². The maximum Gasteiger partial charge on any atom is 0.234 e. The van der Waals surface area contributed by atoms with Gasteiger partial charge in [0.25, 0.3) is 0 Å². The van der Waals surface area contributed by atoms with E-state index in [1.807, 2.05) is 0 Å². The Bertz CT molecular complexity index is 243. The third-order valence-electron chi connectivity index (χ3n) is 3.58. The van der Waals surface area contributed by atoms with E-state index in [-0.39, 0.29) is 5.91 Å². The Morgan fingerprint density at radius 3 is 2.82 bits per heavy atom. The van der Waals surface area contributed by atoms with Crippen LogP contribution in [0.25, 0.3) is 0 Å². The molecule has 0 aliphatic carbocycles. The van der Waals surface area contributed by atoms with Crippen LogP contribution in [0.2, 0.25) is 0 Å². The Morgan fingerprint density at radius 1 is 1.53 bits per heavy atom. The third-order valence-corrected chi connectivity index (χ3v) is 3.58. The number of rotatable bonds is 5. The predicted molar refractivity (Wildman–Crippen MR) is 70.6 cm³/mol. The van der Waals surface area contributed by atoms with E-state index in [9.17, 15) is 4.79 Å². The fraction of sp³-hybridized carbons (Fsp3) is 0.923. The number of hydrogen-bond acceptors (Lipinski definition) is 3. The van der Waals surface area contributed by atoms with Gasteiger partial charge in [0.1, 0.15) is 0 Å². The molecule has 17 heavy (non-hydrogen) atoms. The van der Waals surface area contributed by atoms with Crippen molar-refractivity contribution in [2.75, 3.05) is 32.7 Å². The zero-order chi connectivity index (χ0) is 12.8. The second-order valence-corrected chi connectivity index (χ2v) is 5.69. The van der Waals surface area contributed by atoms with Crippen LogP contribution >= 0.6 is 0 Å². The van der Waals surface area contributed by atoms with Crippen LogP contribution in [0.5, 0.6) is 0 Å². The second kappa shape index (κ2) is 6.97. The lowest BCUT2D eigenvalue weighted by Crippen LogP contribution is -2.47. The van der Waals surface area contributed by atoms with E-state index < -0.39 is 0 Å². The summed E-state index contributed by atoms with van der Waals surface area (Å²) in [6.45, 7) is 10.5. The van der Waals surface area contributed by atoms with E-state index in [1.54, 1.807) is 0 Å². The standard InChI is InChI=1S/C13H27N3O/c1-10(2)7-15-13(17)9-16-5-4-11(3)12(6-14)8-16/h10-12H,4-9,14H2,1-3H3,(H,15,17). The SMILES string of the molecule is CC(C)CNC(=O)CN1CCC(C)C(CN)C1. The number of carbonyl (C=O) groups is 1. The number of nitrogens with one attached hydrogen (secondary N) is 1. The summed E-state index contributed by atoms with van der Waals surface area (Å²) < 4.78 is 0. The van der Waals surface area contributed by atoms with E-state index in [0.717, 1.165) is 32.6 Å². The molecule has 1 aliphatic rings. The van der Waals surface area contributed by atoms with Gasteiger partial charge in [-0.2, -0.15) is 0 Å². The highest BCUT2D eigenvalue weighted by molar-refractivity contribution is 5.78. The molecule has 4 nitrogen and oxygen atoms in total. The van der Waals surface area contributed by atoms with Crippen molar-refractivity contribution in [2.24, 2.45) is 23.5 Å². The van der Waals surface area contributed by atoms with Crippen molar-refractivity contribution in [3.63, 3.8) is 0 Å². The third kappa shape index (κ3) is 5.04. The normalized spacial score (nSPS) is 26.2. The zero-order valence-electron chi connectivity index (χ0n) is 11.4. The Morgan fingerprint density at radius 2 is 2.24 bits per heavy atom. The van der Waals surface area contributed by atoms with Crippen LogP contribution in [0.1, 0.15) is 27.2 Å². The minimum atomic E-state index is 0.143. The smallest absolute Gasteiger partial charge is 0.234 e. The van der Waals surface area contributed by atoms with Gasteiger partial charge in [-0.25, -0.2) is 0 Å². The monoisotopic (exact) mass is 241 g/mol. The fourth-order valence-corrected chi connectivity index (χ4v) is 2.25. The molecule has 1 amide bonds. The van der Waals surface area contributed by atoms with Crippen LogP contribution < -0.4 is 11.1 Å². The molecule has 1 aliphatic heterocycles. The van der Waals surface area contributed by atoms with E-state index in [0.29, 0.717) is 24.3 Å². The van der Waals surface area contributed by atoms with Crippen molar-refractivity contribution in [3.8, 4) is 0 Å². The molecule has 4 heteroatoms. The van der Waals surface area contributed by atoms with Crippen molar-refractivity contribution < 1.29 is 4.79 Å². The molecule has 1 saturated heterocycles. The van der Waals surface area contributed by atoms with Crippen molar-refractivity contribution in [2.45, 2.75) is 27.2 Å². The molecular weight excluding hydrogens is 214 g/mol. The topological polar surface area (TPSA) is 58.4 Å². The molecule has 0 saturated carbocycles. The summed E-state index contributed by atoms with van der Waals surface area (Å²) in [7, 11) is 0. The summed E-state index contributed by atoms with van der Waals surface area (Å²) in [6.07, 6.45) is 1.15. The number of carbonyl (C=O) groups excluding carboxylic acids is 1. The Labute approximate surface area is 105 Å². The minimum absolute atomic E-state index is 0.143. The summed E-state index contributed by atoms with van der Waals surface area (Å²) in [5.74, 6) is 1.89. The van der Waals surface area contributed by atoms with Crippen LogP contribution in [0.4, 0.5) is 0 Å². The molecule has 2 unspecified atom stereocenters. The number of nitrogens with two attached hydrogens (primary N) is 1. The maximum absolute atomic E-state index is 11.7. The average Bonchev–Trinajstić information content (AvgIpc) is 2.29. The van der Waals surface area contributed by atoms with Gasteiger partial charge >= 0.3 is 0 Å². The largest absolute Gasteiger partial charge is 0.355 e. The lowest BCUT2D eigenvalue weighted by molar-refractivity contribution is -0.123. The number of nitrogens with zero attached hydrogens (tertiary/aromatic N) is 1. The first kappa shape index (κ1) is 14.5. The van der Waals surface area contributed by atoms with Crippen molar-refractivity contribution in [1.82, 2.24) is 10.2 Å². The lowest BCUT2D eigenvalue weighted by atomic mass is 9.87. The van der Waals surface area contributed by atoms with Gasteiger partial charge in [0.05, 0.1) is 6.54 Å². The number of hydrogen-bond donors (Lipinski definition) is 2. The summed E-state index contributed by atoms with van der Waals surface area (Å²) in [4.78, 5) is 13.9. The maximum atomic E-state index is 11.7. The van der Waals surface area contributed by atoms with Crippen LogP contribution in [-0.2, 0) is 4.79 Å². The Balaban J connectivity index is 2.29. The van der Waals surface area contributed by atoms with E-state index in [1.165, 1.54) is 0 Å². The van der Waals surface area contributed by atoms with Gasteiger partial charge in [-0.05, 0) is 37.3 Å². The minimum Gasteiger partial charge on any atom is -0.355 e. The highest BCUT2D eigenvalue weighted by Crippen LogP contribution is 2.21. The van der Waals surface area contributed by atoms with Gasteiger partial charge in [-0.3, -0.25) is 9.69 Å². The molecule has 100 valence electrons. The molecule has 1 fully saturated rings. The van der Waals surface area contributed by atoms with Crippen LogP contribution in [0.3, 0.4) is 0 Å². The summed E-state index contributed by atoms with van der Waals surface area (Å²) in [5, 5.41) is 2.96. The molecule has 3 N–H and O–H groups in total. The van der Waals surface area contributed by atoms with Gasteiger partial charge in [0, 0.05) is 13.1 Å². The lowest BCUT2D eigenvalue weighted by Gasteiger charge is -2.36. The van der Waals surface area contributed by atoms with E-state index in [4.69, 9.17) is 5.73 Å². The molecule has 0 radical (unpaired) electrons. The van der Waals surface area contributed by atoms with Gasteiger partial charge in [-0.15, -0.1) is 0 Å². The zero-order valence-corrected chi connectivity index (χ0v) is 11.4. The van der Waals surface area contributed by atoms with Crippen molar-refractivity contribution >= 4 is 5.91 Å². The van der Waals surface area contributed by atoms with Gasteiger partial charge < -0.3 is 11.1 Å². The molecule has 0 spiro atoms. The first-order valence-electron chi connectivity index (χ1n) is 6.72. The van der Waals surface area contributed by atoms with Crippen molar-refractivity contribution in [1.29, 1.82) is 0 Å². The van der Waals surface area contributed by atoms with E-state index >= 15 is 0 Å². The quantitative estimate of drug-likeness (QED) is 0.744. The number of amides is 1. The first-order chi connectivity index (χ1) is 8.02. The predicted octanol–water partition coefficient (Wildman–Crippen LogP) is 0.675. The van der Waals surface area contributed by atoms with E-state index in [2.05, 4.69) is 31.0 Å². The molecule has 1 rings (SSSR count). The van der Waals surface area contributed by atoms with Gasteiger partial charge in [-0.1, -0.05) is 20.8 Å². The molecule has 0 bridgehead atoms. The molecule has 1 heterocycles. The highest BCUT2D eigenvalue weighted by atomic mass is 16.2. The molecule has 0 aromatic heterocycles. The second-order valence-electron chi connectivity index (χ2n) is 5.69. The molecule has 0 aromatic rings. The first-order valence-corrected chi connectivity index (χ1v) is 6.72. The summed E-state index contributed by atoms with van der Waals surface area (Å²) in [5.41, 5.74) is 5.76. The number of piperidine rings is 1. The molecule has 2 atom stereocenters.